The van der Waals surface area contributed by atoms with Crippen molar-refractivity contribution in [2.75, 3.05) is 14.2 Å². The molecule has 1 atom stereocenters. The van der Waals surface area contributed by atoms with Crippen molar-refractivity contribution in [1.82, 2.24) is 5.32 Å². The van der Waals surface area contributed by atoms with Crippen LogP contribution in [0.4, 0.5) is 0 Å². The van der Waals surface area contributed by atoms with Gasteiger partial charge in [-0.2, -0.15) is 0 Å². The second-order valence-corrected chi connectivity index (χ2v) is 3.17. The van der Waals surface area contributed by atoms with E-state index in [0.717, 1.165) is 6.21 Å². The van der Waals surface area contributed by atoms with Gasteiger partial charge < -0.3 is 14.9 Å². The lowest BCUT2D eigenvalue weighted by Crippen LogP contribution is -2.45. The van der Waals surface area contributed by atoms with Gasteiger partial charge in [0.2, 0.25) is 0 Å². The molecule has 0 saturated heterocycles. The zero-order valence-corrected chi connectivity index (χ0v) is 9.31. The molecule has 0 bridgehead atoms. The summed E-state index contributed by atoms with van der Waals surface area (Å²) in [6.07, 6.45) is 0.957. The van der Waals surface area contributed by atoms with E-state index in [1.807, 2.05) is 0 Å². The van der Waals surface area contributed by atoms with Crippen molar-refractivity contribution >= 4 is 18.1 Å². The summed E-state index contributed by atoms with van der Waals surface area (Å²) in [5, 5.41) is 5.74. The minimum absolute atomic E-state index is 0.0580. The van der Waals surface area contributed by atoms with Crippen LogP contribution in [0.3, 0.4) is 0 Å². The van der Waals surface area contributed by atoms with E-state index in [2.05, 4.69) is 20.0 Å². The van der Waals surface area contributed by atoms with Crippen molar-refractivity contribution in [1.29, 1.82) is 0 Å². The first-order valence-corrected chi connectivity index (χ1v) is 4.47. The smallest absolute Gasteiger partial charge is 0.328 e. The van der Waals surface area contributed by atoms with Gasteiger partial charge in [0.1, 0.15) is 19.4 Å². The van der Waals surface area contributed by atoms with Crippen LogP contribution < -0.4 is 5.32 Å². The minimum atomic E-state index is -0.675. The first kappa shape index (κ1) is 13.4. The number of amides is 1. The van der Waals surface area contributed by atoms with E-state index >= 15 is 0 Å². The molecule has 0 fully saturated rings. The minimum Gasteiger partial charge on any atom is -0.467 e. The first-order chi connectivity index (χ1) is 7.02. The molecule has 0 unspecified atom stereocenters. The fraction of sp³-hybridized carbons (Fsp3) is 0.667. The zero-order chi connectivity index (χ0) is 11.8. The molecule has 86 valence electrons. The van der Waals surface area contributed by atoms with E-state index in [1.165, 1.54) is 14.2 Å². The van der Waals surface area contributed by atoms with Crippen LogP contribution in [0.25, 0.3) is 0 Å². The fourth-order valence-electron chi connectivity index (χ4n) is 0.916. The molecule has 0 saturated carbocycles. The molecular formula is C9H16N2O4. The summed E-state index contributed by atoms with van der Waals surface area (Å²) < 4.78 is 4.55. The monoisotopic (exact) mass is 216 g/mol. The average Bonchev–Trinajstić information content (AvgIpc) is 2.21. The molecule has 0 heterocycles. The van der Waals surface area contributed by atoms with E-state index in [0.29, 0.717) is 0 Å². The summed E-state index contributed by atoms with van der Waals surface area (Å²) >= 11 is 0. The van der Waals surface area contributed by atoms with Crippen molar-refractivity contribution < 1.29 is 19.2 Å². The van der Waals surface area contributed by atoms with Crippen molar-refractivity contribution in [2.24, 2.45) is 11.1 Å². The Morgan fingerprint density at radius 3 is 2.33 bits per heavy atom. The molecule has 0 aromatic carbocycles. The standard InChI is InChI=1S/C9H16N2O4/c1-6(2)8(9(13)14-3)11-7(12)5-10-15-4/h5-6,8H,1-4H3,(H,11,12)/b10-5+/t8-/m0/s1. The molecule has 0 spiro atoms. The number of hydrogen-bond acceptors (Lipinski definition) is 5. The van der Waals surface area contributed by atoms with Crippen LogP contribution in [0.2, 0.25) is 0 Å². The zero-order valence-electron chi connectivity index (χ0n) is 9.31. The number of carbonyl (C=O) groups excluding carboxylic acids is 2. The lowest BCUT2D eigenvalue weighted by atomic mass is 10.0. The summed E-state index contributed by atoms with van der Waals surface area (Å²) in [7, 11) is 2.59. The summed E-state index contributed by atoms with van der Waals surface area (Å²) in [5.74, 6) is -1.04. The van der Waals surface area contributed by atoms with Crippen LogP contribution in [0.5, 0.6) is 0 Å². The summed E-state index contributed by atoms with van der Waals surface area (Å²) in [6.45, 7) is 3.60. The van der Waals surface area contributed by atoms with E-state index in [9.17, 15) is 9.59 Å². The molecule has 0 aromatic heterocycles. The van der Waals surface area contributed by atoms with Crippen LogP contribution in [-0.2, 0) is 19.2 Å². The SMILES string of the molecule is CO/N=C/C(=O)N[C@H](C(=O)OC)C(C)C. The molecule has 1 amide bonds. The third-order valence-corrected chi connectivity index (χ3v) is 1.69. The Hall–Kier alpha value is -1.59. The molecule has 6 heteroatoms. The quantitative estimate of drug-likeness (QED) is 0.396. The highest BCUT2D eigenvalue weighted by Gasteiger charge is 2.24. The largest absolute Gasteiger partial charge is 0.467 e. The highest BCUT2D eigenvalue weighted by atomic mass is 16.6. The van der Waals surface area contributed by atoms with Gasteiger partial charge in [0.05, 0.1) is 7.11 Å². The van der Waals surface area contributed by atoms with Gasteiger partial charge in [-0.25, -0.2) is 4.79 Å². The van der Waals surface area contributed by atoms with Crippen LogP contribution in [-0.4, -0.2) is 38.4 Å². The van der Waals surface area contributed by atoms with Crippen LogP contribution in [0, 0.1) is 5.92 Å². The van der Waals surface area contributed by atoms with Gasteiger partial charge in [-0.3, -0.25) is 4.79 Å². The summed E-state index contributed by atoms with van der Waals surface area (Å²) in [5.41, 5.74) is 0. The van der Waals surface area contributed by atoms with Gasteiger partial charge in [0.15, 0.2) is 0 Å². The normalized spacial score (nSPS) is 12.6. The van der Waals surface area contributed by atoms with Gasteiger partial charge in [-0.15, -0.1) is 0 Å². The highest BCUT2D eigenvalue weighted by Crippen LogP contribution is 2.02. The van der Waals surface area contributed by atoms with Gasteiger partial charge in [0, 0.05) is 0 Å². The molecule has 0 aliphatic carbocycles. The van der Waals surface area contributed by atoms with Crippen molar-refractivity contribution in [3.05, 3.63) is 0 Å². The average molecular weight is 216 g/mol. The molecule has 0 rings (SSSR count). The molecular weight excluding hydrogens is 200 g/mol. The van der Waals surface area contributed by atoms with Crippen molar-refractivity contribution in [3.8, 4) is 0 Å². The number of nitrogens with zero attached hydrogens (tertiary/aromatic N) is 1. The van der Waals surface area contributed by atoms with E-state index in [-0.39, 0.29) is 5.92 Å². The third-order valence-electron chi connectivity index (χ3n) is 1.69. The van der Waals surface area contributed by atoms with E-state index in [1.54, 1.807) is 13.8 Å². The lowest BCUT2D eigenvalue weighted by Gasteiger charge is -2.18. The molecule has 6 nitrogen and oxygen atoms in total. The second-order valence-electron chi connectivity index (χ2n) is 3.17. The van der Waals surface area contributed by atoms with Crippen molar-refractivity contribution in [2.45, 2.75) is 19.9 Å². The number of nitrogens with one attached hydrogen (secondary N) is 1. The molecule has 0 aliphatic heterocycles. The predicted octanol–water partition coefficient (Wildman–Crippen LogP) is -0.0676. The topological polar surface area (TPSA) is 77.0 Å². The number of carbonyl (C=O) groups is 2. The van der Waals surface area contributed by atoms with Gasteiger partial charge in [0.25, 0.3) is 5.91 Å². The van der Waals surface area contributed by atoms with Gasteiger partial charge in [-0.1, -0.05) is 19.0 Å². The van der Waals surface area contributed by atoms with Crippen LogP contribution >= 0.6 is 0 Å². The molecule has 1 N–H and O–H groups in total. The highest BCUT2D eigenvalue weighted by molar-refractivity contribution is 6.26. The van der Waals surface area contributed by atoms with E-state index < -0.39 is 17.9 Å². The Kier molecular flexibility index (Phi) is 6.08. The first-order valence-electron chi connectivity index (χ1n) is 4.47. The fourth-order valence-corrected chi connectivity index (χ4v) is 0.916. The Morgan fingerprint density at radius 2 is 1.93 bits per heavy atom. The maximum atomic E-state index is 11.3. The summed E-state index contributed by atoms with van der Waals surface area (Å²) in [6, 6.07) is -0.675. The predicted molar refractivity (Wildman–Crippen MR) is 54.3 cm³/mol. The molecule has 15 heavy (non-hydrogen) atoms. The Morgan fingerprint density at radius 1 is 1.33 bits per heavy atom. The number of esters is 1. The Labute approximate surface area is 88.6 Å². The van der Waals surface area contributed by atoms with Crippen molar-refractivity contribution in [3.63, 3.8) is 0 Å². The number of rotatable bonds is 5. The maximum absolute atomic E-state index is 11.3. The van der Waals surface area contributed by atoms with Crippen LogP contribution in [0.1, 0.15) is 13.8 Å². The van der Waals surface area contributed by atoms with Gasteiger partial charge >= 0.3 is 5.97 Å². The number of hydrogen-bond donors (Lipinski definition) is 1. The molecule has 0 aromatic rings. The number of oxime groups is 1. The van der Waals surface area contributed by atoms with Gasteiger partial charge in [-0.05, 0) is 5.92 Å². The molecule has 0 aliphatic rings. The summed E-state index contributed by atoms with van der Waals surface area (Å²) in [4.78, 5) is 26.8. The third kappa shape index (κ3) is 4.99. The lowest BCUT2D eigenvalue weighted by molar-refractivity contribution is -0.145. The Balaban J connectivity index is 4.35. The molecule has 0 radical (unpaired) electrons. The van der Waals surface area contributed by atoms with Crippen LogP contribution in [0.15, 0.2) is 5.16 Å². The Bertz CT molecular complexity index is 250. The maximum Gasteiger partial charge on any atom is 0.328 e. The second kappa shape index (κ2) is 6.80. The number of methoxy groups -OCH3 is 1. The van der Waals surface area contributed by atoms with E-state index in [4.69, 9.17) is 0 Å². The number of ether oxygens (including phenoxy) is 1.